The fourth-order valence-corrected chi connectivity index (χ4v) is 1.72. The zero-order chi connectivity index (χ0) is 12.1. The summed E-state index contributed by atoms with van der Waals surface area (Å²) in [5.74, 6) is 0.848. The second-order valence-corrected chi connectivity index (χ2v) is 4.51. The minimum absolute atomic E-state index is 0.391. The summed E-state index contributed by atoms with van der Waals surface area (Å²) < 4.78 is 5.47. The summed E-state index contributed by atoms with van der Waals surface area (Å²) >= 11 is 9.10. The van der Waals surface area contributed by atoms with Gasteiger partial charge in [-0.2, -0.15) is 5.10 Å². The van der Waals surface area contributed by atoms with E-state index in [0.29, 0.717) is 11.8 Å². The Balaban J connectivity index is 2.17. The zero-order valence-electron chi connectivity index (χ0n) is 8.94. The Morgan fingerprint density at radius 2 is 1.94 bits per heavy atom. The molecule has 2 aromatic rings. The van der Waals surface area contributed by atoms with Crippen molar-refractivity contribution in [3.8, 4) is 16.9 Å². The van der Waals surface area contributed by atoms with E-state index < -0.39 is 0 Å². The van der Waals surface area contributed by atoms with E-state index in [1.807, 2.05) is 24.3 Å². The van der Waals surface area contributed by atoms with Crippen LogP contribution in [0.5, 0.6) is 5.75 Å². The van der Waals surface area contributed by atoms with Gasteiger partial charge in [-0.25, -0.2) is 0 Å². The average Bonchev–Trinajstić information content (AvgIpc) is 2.37. The van der Waals surface area contributed by atoms with E-state index in [9.17, 15) is 0 Å². The number of benzene rings is 1. The molecule has 5 heteroatoms. The third-order valence-corrected chi connectivity index (χ3v) is 2.67. The van der Waals surface area contributed by atoms with Crippen molar-refractivity contribution in [1.29, 1.82) is 0 Å². The van der Waals surface area contributed by atoms with Crippen LogP contribution in [0.1, 0.15) is 0 Å². The monoisotopic (exact) mass is 312 g/mol. The molecule has 0 fully saturated rings. The van der Waals surface area contributed by atoms with Gasteiger partial charge in [-0.15, -0.1) is 5.10 Å². The van der Waals surface area contributed by atoms with Crippen molar-refractivity contribution in [3.63, 3.8) is 0 Å². The molecule has 0 aliphatic carbocycles. The maximum atomic E-state index is 5.79. The van der Waals surface area contributed by atoms with Crippen molar-refractivity contribution in [2.45, 2.75) is 0 Å². The van der Waals surface area contributed by atoms with Gasteiger partial charge in [0, 0.05) is 10.9 Å². The maximum Gasteiger partial charge on any atom is 0.152 e. The lowest BCUT2D eigenvalue weighted by molar-refractivity contribution is 0.345. The van der Waals surface area contributed by atoms with Crippen LogP contribution < -0.4 is 4.74 Å². The number of alkyl halides is 1. The summed E-state index contributed by atoms with van der Waals surface area (Å²) in [6.07, 6.45) is 1.68. The van der Waals surface area contributed by atoms with Crippen molar-refractivity contribution in [2.24, 2.45) is 0 Å². The van der Waals surface area contributed by atoms with Crippen LogP contribution in [-0.2, 0) is 0 Å². The first-order chi connectivity index (χ1) is 8.29. The summed E-state index contributed by atoms with van der Waals surface area (Å²) in [4.78, 5) is 0. The summed E-state index contributed by atoms with van der Waals surface area (Å²) in [6.45, 7) is 0.655. The lowest BCUT2D eigenvalue weighted by Crippen LogP contribution is -1.97. The molecular formula is C12H10BrClN2O. The fourth-order valence-electron chi connectivity index (χ4n) is 1.40. The van der Waals surface area contributed by atoms with Crippen LogP contribution in [0.2, 0.25) is 5.15 Å². The molecular weight excluding hydrogens is 304 g/mol. The van der Waals surface area contributed by atoms with Crippen LogP contribution in [0, 0.1) is 0 Å². The molecule has 2 rings (SSSR count). The van der Waals surface area contributed by atoms with E-state index in [-0.39, 0.29) is 0 Å². The molecule has 0 saturated carbocycles. The topological polar surface area (TPSA) is 35.0 Å². The quantitative estimate of drug-likeness (QED) is 0.809. The SMILES string of the molecule is Clc1cc(-c2ccc(OCCBr)cc2)cnn1. The number of aromatic nitrogens is 2. The van der Waals surface area contributed by atoms with E-state index in [2.05, 4.69) is 26.1 Å². The van der Waals surface area contributed by atoms with Gasteiger partial charge in [0.05, 0.1) is 12.8 Å². The summed E-state index contributed by atoms with van der Waals surface area (Å²) in [5.41, 5.74) is 1.98. The van der Waals surface area contributed by atoms with Crippen molar-refractivity contribution >= 4 is 27.5 Å². The second kappa shape index (κ2) is 5.98. The van der Waals surface area contributed by atoms with E-state index in [1.165, 1.54) is 0 Å². The third kappa shape index (κ3) is 3.41. The largest absolute Gasteiger partial charge is 0.493 e. The average molecular weight is 314 g/mol. The van der Waals surface area contributed by atoms with Gasteiger partial charge in [-0.05, 0) is 23.8 Å². The Morgan fingerprint density at radius 1 is 1.18 bits per heavy atom. The zero-order valence-corrected chi connectivity index (χ0v) is 11.3. The minimum Gasteiger partial charge on any atom is -0.493 e. The first kappa shape index (κ1) is 12.3. The summed E-state index contributed by atoms with van der Waals surface area (Å²) in [5, 5.41) is 8.73. The highest BCUT2D eigenvalue weighted by Gasteiger charge is 2.00. The Hall–Kier alpha value is -1.13. The molecule has 0 N–H and O–H groups in total. The van der Waals surface area contributed by atoms with Crippen molar-refractivity contribution in [3.05, 3.63) is 41.7 Å². The molecule has 17 heavy (non-hydrogen) atoms. The van der Waals surface area contributed by atoms with Gasteiger partial charge in [-0.3, -0.25) is 0 Å². The van der Waals surface area contributed by atoms with Crippen molar-refractivity contribution in [2.75, 3.05) is 11.9 Å². The standard InChI is InChI=1S/C12H10BrClN2O/c13-5-6-17-11-3-1-9(2-4-11)10-7-12(14)16-15-8-10/h1-4,7-8H,5-6H2. The molecule has 0 saturated heterocycles. The minimum atomic E-state index is 0.391. The summed E-state index contributed by atoms with van der Waals surface area (Å²) in [7, 11) is 0. The first-order valence-electron chi connectivity index (χ1n) is 5.07. The normalized spacial score (nSPS) is 10.2. The molecule has 1 heterocycles. The number of halogens is 2. The molecule has 0 bridgehead atoms. The third-order valence-electron chi connectivity index (χ3n) is 2.16. The van der Waals surface area contributed by atoms with Gasteiger partial charge in [0.1, 0.15) is 5.75 Å². The molecule has 1 aromatic carbocycles. The molecule has 0 unspecified atom stereocenters. The van der Waals surface area contributed by atoms with Crippen LogP contribution in [-0.4, -0.2) is 22.1 Å². The molecule has 88 valence electrons. The first-order valence-corrected chi connectivity index (χ1v) is 6.57. The number of nitrogens with zero attached hydrogens (tertiary/aromatic N) is 2. The Labute approximate surface area is 113 Å². The van der Waals surface area contributed by atoms with E-state index >= 15 is 0 Å². The van der Waals surface area contributed by atoms with Gasteiger partial charge in [0.25, 0.3) is 0 Å². The number of hydrogen-bond donors (Lipinski definition) is 0. The molecule has 0 amide bonds. The van der Waals surface area contributed by atoms with Crippen LogP contribution >= 0.6 is 27.5 Å². The highest BCUT2D eigenvalue weighted by Crippen LogP contribution is 2.23. The van der Waals surface area contributed by atoms with E-state index in [4.69, 9.17) is 16.3 Å². The van der Waals surface area contributed by atoms with Gasteiger partial charge < -0.3 is 4.74 Å². The van der Waals surface area contributed by atoms with Gasteiger partial charge in [0.2, 0.25) is 0 Å². The number of ether oxygens (including phenoxy) is 1. The molecule has 0 aliphatic heterocycles. The second-order valence-electron chi connectivity index (χ2n) is 3.33. The molecule has 0 aliphatic rings. The smallest absolute Gasteiger partial charge is 0.152 e. The Morgan fingerprint density at radius 3 is 2.59 bits per heavy atom. The number of rotatable bonds is 4. The Bertz CT molecular complexity index is 490. The highest BCUT2D eigenvalue weighted by molar-refractivity contribution is 9.09. The number of hydrogen-bond acceptors (Lipinski definition) is 3. The highest BCUT2D eigenvalue weighted by atomic mass is 79.9. The molecule has 3 nitrogen and oxygen atoms in total. The Kier molecular flexibility index (Phi) is 4.34. The molecule has 1 aromatic heterocycles. The maximum absolute atomic E-state index is 5.79. The predicted molar refractivity (Wildman–Crippen MR) is 71.8 cm³/mol. The van der Waals surface area contributed by atoms with Crippen LogP contribution in [0.25, 0.3) is 11.1 Å². The van der Waals surface area contributed by atoms with Gasteiger partial charge in [0.15, 0.2) is 5.15 Å². The molecule has 0 radical (unpaired) electrons. The van der Waals surface area contributed by atoms with Crippen molar-refractivity contribution < 1.29 is 4.74 Å². The lowest BCUT2D eigenvalue weighted by atomic mass is 10.1. The van der Waals surface area contributed by atoms with Crippen LogP contribution in [0.3, 0.4) is 0 Å². The van der Waals surface area contributed by atoms with Crippen molar-refractivity contribution in [1.82, 2.24) is 10.2 Å². The molecule has 0 spiro atoms. The molecule has 0 atom stereocenters. The fraction of sp³-hybridized carbons (Fsp3) is 0.167. The lowest BCUT2D eigenvalue weighted by Gasteiger charge is -2.05. The van der Waals surface area contributed by atoms with Gasteiger partial charge in [-0.1, -0.05) is 39.7 Å². The predicted octanol–water partition coefficient (Wildman–Crippen LogP) is 3.57. The van der Waals surface area contributed by atoms with E-state index in [0.717, 1.165) is 22.2 Å². The van der Waals surface area contributed by atoms with Gasteiger partial charge >= 0.3 is 0 Å². The van der Waals surface area contributed by atoms with E-state index in [1.54, 1.807) is 12.3 Å². The van der Waals surface area contributed by atoms with Crippen LogP contribution in [0.15, 0.2) is 36.5 Å². The van der Waals surface area contributed by atoms with Crippen LogP contribution in [0.4, 0.5) is 0 Å². The summed E-state index contributed by atoms with van der Waals surface area (Å²) in [6, 6.07) is 9.56.